The first-order chi connectivity index (χ1) is 13.8. The van der Waals surface area contributed by atoms with Crippen LogP contribution in [0.2, 0.25) is 0 Å². The first kappa shape index (κ1) is 21.5. The van der Waals surface area contributed by atoms with Crippen molar-refractivity contribution in [2.45, 2.75) is 111 Å². The first-order valence-corrected chi connectivity index (χ1v) is 12.8. The molecule has 0 heterocycles. The third-order valence-corrected chi connectivity index (χ3v) is 10.7. The maximum absolute atomic E-state index is 4.38. The lowest BCUT2D eigenvalue weighted by Crippen LogP contribution is -2.52. The number of fused-ring (bicyclic) bond motifs is 6. The van der Waals surface area contributed by atoms with Gasteiger partial charge in [0.1, 0.15) is 0 Å². The van der Waals surface area contributed by atoms with E-state index in [-0.39, 0.29) is 0 Å². The molecule has 5 aliphatic rings. The van der Waals surface area contributed by atoms with Crippen molar-refractivity contribution < 1.29 is 0 Å². The fourth-order valence-corrected chi connectivity index (χ4v) is 8.65. The van der Waals surface area contributed by atoms with Crippen LogP contribution in [0.15, 0.2) is 36.0 Å². The lowest BCUT2D eigenvalue weighted by atomic mass is 9.45. The fourth-order valence-electron chi connectivity index (χ4n) is 8.65. The maximum atomic E-state index is 4.38. The van der Waals surface area contributed by atoms with Crippen molar-refractivity contribution in [2.75, 3.05) is 0 Å². The van der Waals surface area contributed by atoms with Crippen molar-refractivity contribution in [3.8, 4) is 0 Å². The predicted molar refractivity (Wildman–Crippen MR) is 127 cm³/mol. The molecule has 0 radical (unpaired) electrons. The first-order valence-electron chi connectivity index (χ1n) is 12.8. The summed E-state index contributed by atoms with van der Waals surface area (Å²) in [7, 11) is 0. The Morgan fingerprint density at radius 3 is 2.24 bits per heavy atom. The lowest BCUT2D eigenvalue weighted by molar-refractivity contribution is -0.0768. The second-order valence-electron chi connectivity index (χ2n) is 11.9. The summed E-state index contributed by atoms with van der Waals surface area (Å²) >= 11 is 0. The van der Waals surface area contributed by atoms with Crippen LogP contribution in [0, 0.1) is 34.0 Å². The Morgan fingerprint density at radius 1 is 0.862 bits per heavy atom. The average molecular weight is 395 g/mol. The molecule has 29 heavy (non-hydrogen) atoms. The zero-order valence-corrected chi connectivity index (χ0v) is 19.9. The van der Waals surface area contributed by atoms with E-state index in [0.717, 1.165) is 17.8 Å². The highest BCUT2D eigenvalue weighted by atomic mass is 14.7. The molecular formula is C29H46. The van der Waals surface area contributed by atoms with E-state index in [9.17, 15) is 0 Å². The fraction of sp³-hybridized carbons (Fsp3) is 0.793. The Hall–Kier alpha value is -0.780. The van der Waals surface area contributed by atoms with E-state index in [1.165, 1.54) is 89.0 Å². The van der Waals surface area contributed by atoms with Crippen LogP contribution in [0.25, 0.3) is 0 Å². The summed E-state index contributed by atoms with van der Waals surface area (Å²) < 4.78 is 0. The van der Waals surface area contributed by atoms with Crippen LogP contribution in [0.5, 0.6) is 0 Å². The zero-order valence-electron chi connectivity index (χ0n) is 19.9. The average Bonchev–Trinajstić information content (AvgIpc) is 3.23. The van der Waals surface area contributed by atoms with Gasteiger partial charge in [-0.25, -0.2) is 0 Å². The van der Waals surface area contributed by atoms with Gasteiger partial charge in [-0.3, -0.25) is 0 Å². The van der Waals surface area contributed by atoms with Gasteiger partial charge in [0.05, 0.1) is 0 Å². The molecule has 0 aromatic heterocycles. The summed E-state index contributed by atoms with van der Waals surface area (Å²) in [6, 6.07) is 0. The molecular weight excluding hydrogens is 348 g/mol. The van der Waals surface area contributed by atoms with Crippen molar-refractivity contribution in [1.82, 2.24) is 0 Å². The van der Waals surface area contributed by atoms with E-state index in [0.29, 0.717) is 16.2 Å². The van der Waals surface area contributed by atoms with Crippen LogP contribution in [-0.2, 0) is 0 Å². The van der Waals surface area contributed by atoms with E-state index in [1.54, 1.807) is 11.1 Å². The van der Waals surface area contributed by atoms with Gasteiger partial charge in [-0.15, -0.1) is 0 Å². The quantitative estimate of drug-likeness (QED) is 0.389. The van der Waals surface area contributed by atoms with Gasteiger partial charge in [0.15, 0.2) is 0 Å². The molecule has 162 valence electrons. The van der Waals surface area contributed by atoms with Crippen LogP contribution in [0.4, 0.5) is 0 Å². The summed E-state index contributed by atoms with van der Waals surface area (Å²) in [6.07, 6.45) is 20.6. The molecule has 1 spiro atoms. The van der Waals surface area contributed by atoms with Gasteiger partial charge in [-0.1, -0.05) is 76.5 Å². The maximum Gasteiger partial charge on any atom is -0.00790 e. The molecule has 0 amide bonds. The molecule has 4 fully saturated rings. The monoisotopic (exact) mass is 394 g/mol. The van der Waals surface area contributed by atoms with Crippen molar-refractivity contribution in [3.05, 3.63) is 36.0 Å². The molecule has 0 aliphatic heterocycles. The summed E-state index contributed by atoms with van der Waals surface area (Å²) in [5.41, 5.74) is 6.41. The Bertz CT molecular complexity index is 693. The molecule has 0 bridgehead atoms. The molecule has 4 saturated carbocycles. The minimum Gasteiger partial charge on any atom is -0.0998 e. The van der Waals surface area contributed by atoms with Crippen LogP contribution < -0.4 is 0 Å². The Labute approximate surface area is 181 Å². The van der Waals surface area contributed by atoms with E-state index in [1.807, 2.05) is 0 Å². The predicted octanol–water partition coefficient (Wildman–Crippen LogP) is 9.04. The van der Waals surface area contributed by atoms with Crippen molar-refractivity contribution in [2.24, 2.45) is 34.0 Å². The molecule has 0 nitrogen and oxygen atoms in total. The van der Waals surface area contributed by atoms with Crippen molar-refractivity contribution in [3.63, 3.8) is 0 Å². The van der Waals surface area contributed by atoms with Crippen molar-refractivity contribution >= 4 is 0 Å². The SMILES string of the molecule is C=C1C=C2CCC3C(CCC4(C)C3CC[C@@]43CCC(=C)C3)C2(C)CC1.CCCC. The molecule has 0 aromatic carbocycles. The highest BCUT2D eigenvalue weighted by molar-refractivity contribution is 5.33. The van der Waals surface area contributed by atoms with E-state index in [2.05, 4.69) is 46.9 Å². The second-order valence-corrected chi connectivity index (χ2v) is 11.9. The zero-order chi connectivity index (χ0) is 20.9. The molecule has 6 atom stereocenters. The summed E-state index contributed by atoms with van der Waals surface area (Å²) in [5.74, 6) is 2.92. The van der Waals surface area contributed by atoms with Crippen LogP contribution in [0.1, 0.15) is 111 Å². The van der Waals surface area contributed by atoms with E-state index < -0.39 is 0 Å². The van der Waals surface area contributed by atoms with Crippen LogP contribution in [-0.4, -0.2) is 0 Å². The number of unbranched alkanes of at least 4 members (excludes halogenated alkanes) is 1. The summed E-state index contributed by atoms with van der Waals surface area (Å²) in [5, 5.41) is 0. The van der Waals surface area contributed by atoms with Gasteiger partial charge in [0, 0.05) is 0 Å². The van der Waals surface area contributed by atoms with Gasteiger partial charge in [0.2, 0.25) is 0 Å². The normalized spacial score (nSPS) is 45.8. The second kappa shape index (κ2) is 7.72. The standard InChI is InChI=1S/C25H36.C4H10/c1-17-7-11-23(3)19(15-17)5-6-20-21(23)9-12-24(4)22(20)10-14-25(24)13-8-18(2)16-25;1-3-4-2/h15,20-22H,1-2,5-14,16H2,3-4H3;3-4H2,1-2H3/t20?,21?,22?,23?,24?,25-;/m1./s1. The van der Waals surface area contributed by atoms with Crippen LogP contribution >= 0.6 is 0 Å². The topological polar surface area (TPSA) is 0 Å². The largest absolute Gasteiger partial charge is 0.0998 e. The smallest absolute Gasteiger partial charge is 0.00790 e. The highest BCUT2D eigenvalue weighted by Gasteiger charge is 2.64. The van der Waals surface area contributed by atoms with Gasteiger partial charge >= 0.3 is 0 Å². The summed E-state index contributed by atoms with van der Waals surface area (Å²) in [6.45, 7) is 18.3. The Kier molecular flexibility index (Phi) is 5.71. The number of hydrogen-bond donors (Lipinski definition) is 0. The molecule has 0 saturated heterocycles. The number of allylic oxidation sites excluding steroid dienone is 4. The third-order valence-electron chi connectivity index (χ3n) is 10.7. The minimum absolute atomic E-state index is 0.487. The Balaban J connectivity index is 0.000000472. The van der Waals surface area contributed by atoms with Gasteiger partial charge in [-0.2, -0.15) is 0 Å². The third kappa shape index (κ3) is 3.23. The van der Waals surface area contributed by atoms with Crippen molar-refractivity contribution in [1.29, 1.82) is 0 Å². The van der Waals surface area contributed by atoms with Gasteiger partial charge < -0.3 is 0 Å². The summed E-state index contributed by atoms with van der Waals surface area (Å²) in [4.78, 5) is 0. The lowest BCUT2D eigenvalue weighted by Gasteiger charge is -2.60. The number of rotatable bonds is 1. The molecule has 5 rings (SSSR count). The number of hydrogen-bond acceptors (Lipinski definition) is 0. The molecule has 0 N–H and O–H groups in total. The molecule has 5 aliphatic carbocycles. The van der Waals surface area contributed by atoms with Gasteiger partial charge in [-0.05, 0) is 105 Å². The van der Waals surface area contributed by atoms with Crippen LogP contribution in [0.3, 0.4) is 0 Å². The van der Waals surface area contributed by atoms with E-state index >= 15 is 0 Å². The molecule has 5 unspecified atom stereocenters. The molecule has 0 aromatic rings. The highest BCUT2D eigenvalue weighted by Crippen LogP contribution is 2.73. The molecule has 0 heteroatoms. The van der Waals surface area contributed by atoms with Gasteiger partial charge in [0.25, 0.3) is 0 Å². The van der Waals surface area contributed by atoms with E-state index in [4.69, 9.17) is 0 Å². The minimum atomic E-state index is 0.487. The Morgan fingerprint density at radius 2 is 1.59 bits per heavy atom.